The first-order valence-corrected chi connectivity index (χ1v) is 6.82. The molecule has 0 saturated heterocycles. The van der Waals surface area contributed by atoms with E-state index in [1.807, 2.05) is 29.0 Å². The van der Waals surface area contributed by atoms with Gasteiger partial charge in [-0.25, -0.2) is 0 Å². The normalized spacial score (nSPS) is 10.4. The van der Waals surface area contributed by atoms with Crippen molar-refractivity contribution in [1.29, 1.82) is 0 Å². The Hall–Kier alpha value is -0.840. The van der Waals surface area contributed by atoms with Crippen LogP contribution in [0.2, 0.25) is 4.34 Å². The first-order chi connectivity index (χ1) is 7.66. The fourth-order valence-electron chi connectivity index (χ4n) is 1.35. The Kier molecular flexibility index (Phi) is 3.63. The number of rotatable bonds is 3. The van der Waals surface area contributed by atoms with E-state index in [2.05, 4.69) is 0 Å². The molecule has 0 unspecified atom stereocenters. The van der Waals surface area contributed by atoms with Gasteiger partial charge < -0.3 is 4.90 Å². The molecule has 2 rings (SSSR count). The number of halogens is 1. The molecule has 0 bridgehead atoms. The second kappa shape index (κ2) is 4.99. The Morgan fingerprint density at radius 3 is 2.81 bits per heavy atom. The van der Waals surface area contributed by atoms with Gasteiger partial charge in [-0.3, -0.25) is 4.79 Å². The summed E-state index contributed by atoms with van der Waals surface area (Å²) in [5.74, 6) is 0.0470. The molecular weight excluding hydrogens is 262 g/mol. The minimum atomic E-state index is 0.0470. The molecule has 84 valence electrons. The number of carbonyl (C=O) groups is 1. The largest absolute Gasteiger partial charge is 0.337 e. The lowest BCUT2D eigenvalue weighted by atomic mass is 10.3. The van der Waals surface area contributed by atoms with Crippen LogP contribution in [-0.4, -0.2) is 17.9 Å². The van der Waals surface area contributed by atoms with Crippen molar-refractivity contribution in [3.63, 3.8) is 0 Å². The van der Waals surface area contributed by atoms with Crippen LogP contribution in [0.1, 0.15) is 15.2 Å². The summed E-state index contributed by atoms with van der Waals surface area (Å²) >= 11 is 8.87. The SMILES string of the molecule is CN(Cc1ccc(Cl)s1)C(=O)c1ccsc1. The van der Waals surface area contributed by atoms with Crippen molar-refractivity contribution in [2.75, 3.05) is 7.05 Å². The lowest BCUT2D eigenvalue weighted by Crippen LogP contribution is -2.25. The third-order valence-electron chi connectivity index (χ3n) is 2.14. The molecule has 0 aliphatic heterocycles. The van der Waals surface area contributed by atoms with Crippen LogP contribution in [0, 0.1) is 0 Å². The van der Waals surface area contributed by atoms with E-state index in [-0.39, 0.29) is 5.91 Å². The highest BCUT2D eigenvalue weighted by molar-refractivity contribution is 7.16. The van der Waals surface area contributed by atoms with Gasteiger partial charge in [-0.2, -0.15) is 11.3 Å². The number of carbonyl (C=O) groups excluding carboxylic acids is 1. The van der Waals surface area contributed by atoms with Gasteiger partial charge in [-0.1, -0.05) is 11.6 Å². The summed E-state index contributed by atoms with van der Waals surface area (Å²) in [6.45, 7) is 0.603. The molecule has 0 aromatic carbocycles. The van der Waals surface area contributed by atoms with E-state index < -0.39 is 0 Å². The van der Waals surface area contributed by atoms with Gasteiger partial charge in [0.05, 0.1) is 16.4 Å². The molecule has 0 atom stereocenters. The van der Waals surface area contributed by atoms with E-state index >= 15 is 0 Å². The first kappa shape index (κ1) is 11.6. The lowest BCUT2D eigenvalue weighted by molar-refractivity contribution is 0.0787. The van der Waals surface area contributed by atoms with Crippen molar-refractivity contribution in [1.82, 2.24) is 4.90 Å². The molecule has 2 aromatic heterocycles. The molecule has 0 aliphatic carbocycles. The second-order valence-corrected chi connectivity index (χ2v) is 5.96. The van der Waals surface area contributed by atoms with Crippen molar-refractivity contribution < 1.29 is 4.79 Å². The van der Waals surface area contributed by atoms with Gasteiger partial charge in [0.15, 0.2) is 0 Å². The summed E-state index contributed by atoms with van der Waals surface area (Å²) in [5.41, 5.74) is 0.746. The Labute approximate surface area is 107 Å². The highest BCUT2D eigenvalue weighted by Crippen LogP contribution is 2.23. The highest BCUT2D eigenvalue weighted by atomic mass is 35.5. The van der Waals surface area contributed by atoms with Crippen LogP contribution in [0.3, 0.4) is 0 Å². The molecule has 2 nitrogen and oxygen atoms in total. The molecule has 5 heteroatoms. The van der Waals surface area contributed by atoms with E-state index in [0.717, 1.165) is 14.8 Å². The van der Waals surface area contributed by atoms with Gasteiger partial charge in [-0.15, -0.1) is 11.3 Å². The Morgan fingerprint density at radius 2 is 2.25 bits per heavy atom. The molecule has 0 fully saturated rings. The third kappa shape index (κ3) is 2.64. The van der Waals surface area contributed by atoms with Crippen molar-refractivity contribution in [3.8, 4) is 0 Å². The summed E-state index contributed by atoms with van der Waals surface area (Å²) in [6, 6.07) is 5.64. The van der Waals surface area contributed by atoms with Gasteiger partial charge >= 0.3 is 0 Å². The summed E-state index contributed by atoms with van der Waals surface area (Å²) < 4.78 is 0.756. The number of amides is 1. The predicted molar refractivity (Wildman–Crippen MR) is 69.4 cm³/mol. The van der Waals surface area contributed by atoms with Crippen LogP contribution in [0.4, 0.5) is 0 Å². The smallest absolute Gasteiger partial charge is 0.254 e. The molecular formula is C11H10ClNOS2. The van der Waals surface area contributed by atoms with Crippen molar-refractivity contribution in [3.05, 3.63) is 43.7 Å². The van der Waals surface area contributed by atoms with Crippen molar-refractivity contribution >= 4 is 40.2 Å². The van der Waals surface area contributed by atoms with Crippen LogP contribution in [0.25, 0.3) is 0 Å². The van der Waals surface area contributed by atoms with Gasteiger partial charge in [0.2, 0.25) is 0 Å². The molecule has 1 amide bonds. The van der Waals surface area contributed by atoms with Crippen LogP contribution < -0.4 is 0 Å². The predicted octanol–water partition coefficient (Wildman–Crippen LogP) is 3.74. The summed E-state index contributed by atoms with van der Waals surface area (Å²) in [5, 5.41) is 3.77. The van der Waals surface area contributed by atoms with Crippen molar-refractivity contribution in [2.24, 2.45) is 0 Å². The number of hydrogen-bond acceptors (Lipinski definition) is 3. The van der Waals surface area contributed by atoms with Gasteiger partial charge in [-0.05, 0) is 23.6 Å². The van der Waals surface area contributed by atoms with Crippen LogP contribution in [-0.2, 0) is 6.54 Å². The average Bonchev–Trinajstić information content (AvgIpc) is 2.88. The van der Waals surface area contributed by atoms with E-state index in [9.17, 15) is 4.79 Å². The number of hydrogen-bond donors (Lipinski definition) is 0. The molecule has 2 aromatic rings. The van der Waals surface area contributed by atoms with Gasteiger partial charge in [0.1, 0.15) is 0 Å². The zero-order valence-electron chi connectivity index (χ0n) is 8.64. The molecule has 0 N–H and O–H groups in total. The zero-order valence-corrected chi connectivity index (χ0v) is 11.0. The first-order valence-electron chi connectivity index (χ1n) is 4.68. The Morgan fingerprint density at radius 1 is 1.44 bits per heavy atom. The quantitative estimate of drug-likeness (QED) is 0.833. The number of nitrogens with zero attached hydrogens (tertiary/aromatic N) is 1. The van der Waals surface area contributed by atoms with E-state index in [4.69, 9.17) is 11.6 Å². The molecule has 0 radical (unpaired) electrons. The molecule has 2 heterocycles. The fraction of sp³-hybridized carbons (Fsp3) is 0.182. The monoisotopic (exact) mass is 271 g/mol. The van der Waals surface area contributed by atoms with E-state index in [1.54, 1.807) is 11.9 Å². The maximum absolute atomic E-state index is 11.9. The van der Waals surface area contributed by atoms with Crippen LogP contribution in [0.15, 0.2) is 29.0 Å². The maximum Gasteiger partial charge on any atom is 0.254 e. The summed E-state index contributed by atoms with van der Waals surface area (Å²) in [7, 11) is 1.80. The highest BCUT2D eigenvalue weighted by Gasteiger charge is 2.12. The van der Waals surface area contributed by atoms with Gasteiger partial charge in [0.25, 0.3) is 5.91 Å². The van der Waals surface area contributed by atoms with Crippen molar-refractivity contribution in [2.45, 2.75) is 6.54 Å². The maximum atomic E-state index is 11.9. The number of thiophene rings is 2. The van der Waals surface area contributed by atoms with Crippen LogP contribution >= 0.6 is 34.3 Å². The molecule has 0 spiro atoms. The van der Waals surface area contributed by atoms with E-state index in [0.29, 0.717) is 6.54 Å². The zero-order chi connectivity index (χ0) is 11.5. The summed E-state index contributed by atoms with van der Waals surface area (Å²) in [4.78, 5) is 14.7. The molecule has 16 heavy (non-hydrogen) atoms. The van der Waals surface area contributed by atoms with Gasteiger partial charge in [0, 0.05) is 17.3 Å². The Bertz CT molecular complexity index is 478. The second-order valence-electron chi connectivity index (χ2n) is 3.38. The molecule has 0 saturated carbocycles. The minimum Gasteiger partial charge on any atom is -0.337 e. The molecule has 0 aliphatic rings. The summed E-state index contributed by atoms with van der Waals surface area (Å²) in [6.07, 6.45) is 0. The minimum absolute atomic E-state index is 0.0470. The topological polar surface area (TPSA) is 20.3 Å². The van der Waals surface area contributed by atoms with Crippen LogP contribution in [0.5, 0.6) is 0 Å². The third-order valence-corrected chi connectivity index (χ3v) is 4.04. The fourth-order valence-corrected chi connectivity index (χ4v) is 3.12. The Balaban J connectivity index is 2.03. The average molecular weight is 272 g/mol. The standard InChI is InChI=1S/C11H10ClNOS2/c1-13(6-9-2-3-10(12)16-9)11(14)8-4-5-15-7-8/h2-5,7H,6H2,1H3. The van der Waals surface area contributed by atoms with E-state index in [1.165, 1.54) is 22.7 Å². The lowest BCUT2D eigenvalue weighted by Gasteiger charge is -2.15.